The van der Waals surface area contributed by atoms with Gasteiger partial charge < -0.3 is 20.1 Å². The molecule has 1 saturated heterocycles. The number of unbranched alkanes of at least 4 members (excludes halogenated alkanes) is 1. The Labute approximate surface area is 178 Å². The molecule has 0 aliphatic carbocycles. The fraction of sp³-hybridized carbons (Fsp3) is 0.571. The molecular formula is C21H31N3O5S. The molecule has 1 aromatic rings. The van der Waals surface area contributed by atoms with Gasteiger partial charge in [-0.3, -0.25) is 9.69 Å². The van der Waals surface area contributed by atoms with Crippen LogP contribution in [0.2, 0.25) is 0 Å². The van der Waals surface area contributed by atoms with E-state index in [0.717, 1.165) is 12.8 Å². The summed E-state index contributed by atoms with van der Waals surface area (Å²) >= 11 is 0. The Morgan fingerprint density at radius 3 is 2.33 bits per heavy atom. The fourth-order valence-corrected chi connectivity index (χ4v) is 5.78. The highest BCUT2D eigenvalue weighted by Gasteiger charge is 2.42. The molecule has 2 N–H and O–H groups in total. The molecule has 1 atom stereocenters. The average molecular weight is 438 g/mol. The summed E-state index contributed by atoms with van der Waals surface area (Å²) in [4.78, 5) is 14.9. The van der Waals surface area contributed by atoms with E-state index in [1.807, 2.05) is 0 Å². The van der Waals surface area contributed by atoms with Crippen molar-refractivity contribution >= 4 is 21.4 Å². The highest BCUT2D eigenvalue weighted by Crippen LogP contribution is 2.41. The topological polar surface area (TPSA) is 97.0 Å². The molecule has 0 spiro atoms. The van der Waals surface area contributed by atoms with E-state index in [1.165, 1.54) is 25.3 Å². The second-order valence-corrected chi connectivity index (χ2v) is 9.71. The molecule has 2 heterocycles. The van der Waals surface area contributed by atoms with Gasteiger partial charge >= 0.3 is 0 Å². The molecule has 1 unspecified atom stereocenters. The quantitative estimate of drug-likeness (QED) is 0.643. The number of nitrogens with zero attached hydrogens (tertiary/aromatic N) is 1. The second-order valence-electron chi connectivity index (χ2n) is 7.51. The zero-order chi connectivity index (χ0) is 21.7. The molecule has 2 aliphatic rings. The molecule has 30 heavy (non-hydrogen) atoms. The lowest BCUT2D eigenvalue weighted by atomic mass is 10.1. The summed E-state index contributed by atoms with van der Waals surface area (Å²) < 4.78 is 37.6. The monoisotopic (exact) mass is 437 g/mol. The fourth-order valence-electron chi connectivity index (χ4n) is 3.99. The van der Waals surface area contributed by atoms with Crippen LogP contribution in [0.5, 0.6) is 11.5 Å². The lowest BCUT2D eigenvalue weighted by Gasteiger charge is -2.38. The Morgan fingerprint density at radius 1 is 1.13 bits per heavy atom. The third kappa shape index (κ3) is 4.27. The van der Waals surface area contributed by atoms with Crippen LogP contribution in [-0.2, 0) is 14.6 Å². The standard InChI is InChI=1S/C21H31N3O5S/c1-4-5-9-19-23-14-18(30(26,27)15-10-12-22-13-11-15)21(25)24(19)20-16(28-2)7-6-8-17(20)29-3/h6-8,14-15,19,22-23H,4-5,9-13H2,1-3H3. The zero-order valence-electron chi connectivity index (χ0n) is 17.8. The second kappa shape index (κ2) is 9.70. The molecule has 0 aromatic heterocycles. The summed E-state index contributed by atoms with van der Waals surface area (Å²) in [5.41, 5.74) is 0.437. The predicted octanol–water partition coefficient (Wildman–Crippen LogP) is 2.16. The Bertz CT molecular complexity index is 872. The van der Waals surface area contributed by atoms with E-state index in [0.29, 0.717) is 49.5 Å². The number of hydrogen-bond donors (Lipinski definition) is 2. The van der Waals surface area contributed by atoms with Gasteiger partial charge in [-0.25, -0.2) is 8.42 Å². The smallest absolute Gasteiger partial charge is 0.273 e. The lowest BCUT2D eigenvalue weighted by molar-refractivity contribution is -0.115. The number of anilines is 1. The summed E-state index contributed by atoms with van der Waals surface area (Å²) in [5, 5.41) is 5.77. The first-order valence-electron chi connectivity index (χ1n) is 10.4. The van der Waals surface area contributed by atoms with Gasteiger partial charge in [0.05, 0.1) is 19.5 Å². The summed E-state index contributed by atoms with van der Waals surface area (Å²) in [5.74, 6) is 0.356. The van der Waals surface area contributed by atoms with Gasteiger partial charge in [-0.2, -0.15) is 0 Å². The Balaban J connectivity index is 2.06. The molecular weight excluding hydrogens is 406 g/mol. The molecule has 0 saturated carbocycles. The van der Waals surface area contributed by atoms with Crippen molar-refractivity contribution in [3.05, 3.63) is 29.3 Å². The van der Waals surface area contributed by atoms with Crippen LogP contribution in [0.15, 0.2) is 29.3 Å². The van der Waals surface area contributed by atoms with E-state index in [2.05, 4.69) is 17.6 Å². The van der Waals surface area contributed by atoms with E-state index in [1.54, 1.807) is 18.2 Å². The minimum Gasteiger partial charge on any atom is -0.494 e. The number of piperidine rings is 1. The van der Waals surface area contributed by atoms with Crippen LogP contribution < -0.4 is 25.0 Å². The number of ether oxygens (including phenoxy) is 2. The highest BCUT2D eigenvalue weighted by atomic mass is 32.2. The van der Waals surface area contributed by atoms with Crippen molar-refractivity contribution in [2.75, 3.05) is 32.2 Å². The predicted molar refractivity (Wildman–Crippen MR) is 116 cm³/mol. The molecule has 3 rings (SSSR count). The lowest BCUT2D eigenvalue weighted by Crippen LogP contribution is -2.54. The number of hydrogen-bond acceptors (Lipinski definition) is 7. The van der Waals surface area contributed by atoms with Crippen LogP contribution in [0.4, 0.5) is 5.69 Å². The Hall–Kier alpha value is -2.26. The van der Waals surface area contributed by atoms with Crippen LogP contribution in [0.25, 0.3) is 0 Å². The van der Waals surface area contributed by atoms with Gasteiger partial charge in [0, 0.05) is 6.20 Å². The molecule has 0 bridgehead atoms. The van der Waals surface area contributed by atoms with Crippen molar-refractivity contribution in [3.63, 3.8) is 0 Å². The maximum atomic E-state index is 13.6. The van der Waals surface area contributed by atoms with Crippen molar-refractivity contribution < 1.29 is 22.7 Å². The third-order valence-electron chi connectivity index (χ3n) is 5.65. The number of benzene rings is 1. The van der Waals surface area contributed by atoms with E-state index >= 15 is 0 Å². The van der Waals surface area contributed by atoms with Crippen LogP contribution in [0.3, 0.4) is 0 Å². The Kier molecular flexibility index (Phi) is 7.25. The molecule has 1 fully saturated rings. The number of methoxy groups -OCH3 is 2. The summed E-state index contributed by atoms with van der Waals surface area (Å²) in [6.45, 7) is 3.32. The van der Waals surface area contributed by atoms with Gasteiger partial charge in [0.2, 0.25) is 0 Å². The number of amides is 1. The number of para-hydroxylation sites is 1. The van der Waals surface area contributed by atoms with Crippen LogP contribution in [-0.4, -0.2) is 53.0 Å². The van der Waals surface area contributed by atoms with E-state index in [4.69, 9.17) is 9.47 Å². The molecule has 8 nitrogen and oxygen atoms in total. The van der Waals surface area contributed by atoms with Crippen molar-refractivity contribution in [2.24, 2.45) is 0 Å². The third-order valence-corrected chi connectivity index (χ3v) is 7.91. The van der Waals surface area contributed by atoms with Gasteiger partial charge in [-0.1, -0.05) is 19.4 Å². The van der Waals surface area contributed by atoms with Crippen LogP contribution in [0, 0.1) is 0 Å². The minimum absolute atomic E-state index is 0.199. The van der Waals surface area contributed by atoms with Gasteiger partial charge in [0.1, 0.15) is 28.3 Å². The van der Waals surface area contributed by atoms with Gasteiger partial charge in [0.25, 0.3) is 5.91 Å². The molecule has 1 aromatic carbocycles. The van der Waals surface area contributed by atoms with Crippen LogP contribution in [0.1, 0.15) is 39.0 Å². The summed E-state index contributed by atoms with van der Waals surface area (Å²) in [7, 11) is -0.737. The molecule has 0 radical (unpaired) electrons. The maximum absolute atomic E-state index is 13.6. The minimum atomic E-state index is -3.77. The number of rotatable bonds is 8. The number of carbonyl (C=O) groups is 1. The summed E-state index contributed by atoms with van der Waals surface area (Å²) in [6.07, 6.45) is 4.47. The number of nitrogens with one attached hydrogen (secondary N) is 2. The SMILES string of the molecule is CCCCC1NC=C(S(=O)(=O)C2CCNCC2)C(=O)N1c1c(OC)cccc1OC. The Morgan fingerprint density at radius 2 is 1.77 bits per heavy atom. The van der Waals surface area contributed by atoms with E-state index in [9.17, 15) is 13.2 Å². The van der Waals surface area contributed by atoms with Crippen molar-refractivity contribution in [1.82, 2.24) is 10.6 Å². The largest absolute Gasteiger partial charge is 0.494 e. The van der Waals surface area contributed by atoms with Gasteiger partial charge in [-0.05, 0) is 50.9 Å². The van der Waals surface area contributed by atoms with Crippen molar-refractivity contribution in [1.29, 1.82) is 0 Å². The first-order valence-corrected chi connectivity index (χ1v) is 12.0. The summed E-state index contributed by atoms with van der Waals surface area (Å²) in [6, 6.07) is 5.25. The van der Waals surface area contributed by atoms with Gasteiger partial charge in [0.15, 0.2) is 9.84 Å². The first-order chi connectivity index (χ1) is 14.5. The van der Waals surface area contributed by atoms with Crippen molar-refractivity contribution in [3.8, 4) is 11.5 Å². The number of sulfone groups is 1. The number of carbonyl (C=O) groups excluding carboxylic acids is 1. The molecule has 9 heteroatoms. The molecule has 166 valence electrons. The molecule has 1 amide bonds. The molecule has 2 aliphatic heterocycles. The van der Waals surface area contributed by atoms with Crippen LogP contribution >= 0.6 is 0 Å². The first kappa shape index (κ1) is 22.4. The van der Waals surface area contributed by atoms with Gasteiger partial charge in [-0.15, -0.1) is 0 Å². The van der Waals surface area contributed by atoms with E-state index in [-0.39, 0.29) is 4.91 Å². The van der Waals surface area contributed by atoms with Crippen molar-refractivity contribution in [2.45, 2.75) is 50.4 Å². The normalized spacial score (nSPS) is 20.5. The maximum Gasteiger partial charge on any atom is 0.273 e. The zero-order valence-corrected chi connectivity index (χ0v) is 18.6. The van der Waals surface area contributed by atoms with E-state index < -0.39 is 27.2 Å². The average Bonchev–Trinajstić information content (AvgIpc) is 2.77. The highest BCUT2D eigenvalue weighted by molar-refractivity contribution is 7.96.